The molecule has 0 aliphatic rings. The number of rotatable bonds is 8. The van der Waals surface area contributed by atoms with Gasteiger partial charge >= 0.3 is 0 Å². The lowest BCUT2D eigenvalue weighted by Crippen LogP contribution is -2.13. The molecule has 0 aliphatic carbocycles. The van der Waals surface area contributed by atoms with Crippen LogP contribution in [0.4, 0.5) is 34.1 Å². The summed E-state index contributed by atoms with van der Waals surface area (Å²) in [5.41, 5.74) is 19.0. The van der Waals surface area contributed by atoms with Gasteiger partial charge in [0.1, 0.15) is 22.3 Å². The molecule has 0 fully saturated rings. The smallest absolute Gasteiger partial charge is 0.137 e. The molecule has 404 valence electrons. The van der Waals surface area contributed by atoms with Crippen molar-refractivity contribution in [3.05, 3.63) is 266 Å². The van der Waals surface area contributed by atoms with Gasteiger partial charge in [0, 0.05) is 89.3 Å². The lowest BCUT2D eigenvalue weighted by molar-refractivity contribution is 0.589. The number of furan rings is 2. The van der Waals surface area contributed by atoms with Gasteiger partial charge in [0.15, 0.2) is 0 Å². The zero-order valence-corrected chi connectivity index (χ0v) is 47.9. The van der Waals surface area contributed by atoms with E-state index in [1.807, 2.05) is 0 Å². The lowest BCUT2D eigenvalue weighted by Gasteiger charge is -2.27. The first-order valence-electron chi connectivity index (χ1n) is 29.1. The van der Waals surface area contributed by atoms with E-state index in [2.05, 4.69) is 315 Å². The summed E-state index contributed by atoms with van der Waals surface area (Å²) < 4.78 is 18.8. The van der Waals surface area contributed by atoms with Crippen molar-refractivity contribution in [3.63, 3.8) is 0 Å². The van der Waals surface area contributed by atoms with Gasteiger partial charge in [-0.05, 0) is 154 Å². The molecule has 16 rings (SSSR count). The Bertz CT molecular complexity index is 4970. The van der Waals surface area contributed by atoms with Crippen LogP contribution in [0.5, 0.6) is 0 Å². The van der Waals surface area contributed by atoms with E-state index in [9.17, 15) is 0 Å². The minimum atomic E-state index is -0.0128. The minimum absolute atomic E-state index is 0.0128. The highest BCUT2D eigenvalue weighted by Crippen LogP contribution is 2.48. The average molecular weight is 1090 g/mol. The first kappa shape index (κ1) is 49.5. The van der Waals surface area contributed by atoms with E-state index in [4.69, 9.17) is 8.83 Å². The number of nitrogens with zero attached hydrogens (tertiary/aromatic N) is 4. The summed E-state index contributed by atoms with van der Waals surface area (Å²) in [6.45, 7) is 13.7. The first-order chi connectivity index (χ1) is 40.9. The maximum absolute atomic E-state index is 6.93. The van der Waals surface area contributed by atoms with Crippen LogP contribution in [-0.4, -0.2) is 9.13 Å². The molecule has 0 spiro atoms. The molecule has 84 heavy (non-hydrogen) atoms. The van der Waals surface area contributed by atoms with E-state index >= 15 is 0 Å². The molecule has 4 aromatic heterocycles. The summed E-state index contributed by atoms with van der Waals surface area (Å²) in [5, 5.41) is 11.3. The fourth-order valence-corrected chi connectivity index (χ4v) is 13.2. The normalized spacial score (nSPS) is 12.4. The van der Waals surface area contributed by atoms with Gasteiger partial charge in [-0.15, -0.1) is 0 Å². The number of para-hydroxylation sites is 6. The highest BCUT2D eigenvalue weighted by Gasteiger charge is 2.26. The van der Waals surface area contributed by atoms with Crippen LogP contribution < -0.4 is 9.80 Å². The molecule has 12 aromatic carbocycles. The third kappa shape index (κ3) is 7.85. The van der Waals surface area contributed by atoms with Crippen molar-refractivity contribution in [1.82, 2.24) is 9.13 Å². The number of hydrogen-bond acceptors (Lipinski definition) is 4. The molecule has 0 saturated heterocycles. The molecule has 0 bridgehead atoms. The molecule has 6 nitrogen and oxygen atoms in total. The number of aromatic nitrogens is 2. The topological polar surface area (TPSA) is 42.6 Å². The van der Waals surface area contributed by atoms with Gasteiger partial charge in [0.05, 0.1) is 33.4 Å². The lowest BCUT2D eigenvalue weighted by atomic mass is 9.87. The van der Waals surface area contributed by atoms with Crippen molar-refractivity contribution >= 4 is 132 Å². The summed E-state index contributed by atoms with van der Waals surface area (Å²) in [7, 11) is 0. The minimum Gasteiger partial charge on any atom is -0.456 e. The van der Waals surface area contributed by atoms with Crippen molar-refractivity contribution < 1.29 is 8.83 Å². The standard InChI is InChI=1S/C78H60N4O2/c1-77(2,3)51-21-17-27-55(45-51)81-67-33-15-13-29-59(67)63-31-19-35-69(75(63)81)79(53-23-9-7-10-24-53)57-37-39-61-65-41-49-42-66-62-40-38-58(48-74(62)84-72(66)44-50(49)43-71(65)83-73(61)47-57)80(54-25-11-8-12-26-54)70-36-20-32-64-60-30-14-16-34-68(60)82(76(64)70)56-28-18-22-52(46-56)78(4,5)6/h7-48H,1-6H3. The fourth-order valence-electron chi connectivity index (χ4n) is 13.2. The van der Waals surface area contributed by atoms with Gasteiger partial charge in [0.2, 0.25) is 0 Å². The van der Waals surface area contributed by atoms with Gasteiger partial charge in [-0.3, -0.25) is 0 Å². The predicted octanol–water partition coefficient (Wildman–Crippen LogP) is 22.4. The van der Waals surface area contributed by atoms with Crippen molar-refractivity contribution in [1.29, 1.82) is 0 Å². The molecule has 4 heterocycles. The Morgan fingerprint density at radius 2 is 0.667 bits per heavy atom. The van der Waals surface area contributed by atoms with Crippen molar-refractivity contribution in [2.75, 3.05) is 9.80 Å². The van der Waals surface area contributed by atoms with Crippen LogP contribution in [0, 0.1) is 0 Å². The zero-order chi connectivity index (χ0) is 56.6. The molecule has 0 atom stereocenters. The summed E-state index contributed by atoms with van der Waals surface area (Å²) in [6.07, 6.45) is 0. The van der Waals surface area contributed by atoms with Crippen LogP contribution in [0.3, 0.4) is 0 Å². The first-order valence-corrected chi connectivity index (χ1v) is 29.1. The third-order valence-corrected chi connectivity index (χ3v) is 17.3. The molecule has 0 saturated carbocycles. The summed E-state index contributed by atoms with van der Waals surface area (Å²) >= 11 is 0. The van der Waals surface area contributed by atoms with E-state index in [0.717, 1.165) is 111 Å². The second-order valence-corrected chi connectivity index (χ2v) is 24.6. The molecule has 0 amide bonds. The van der Waals surface area contributed by atoms with Gasteiger partial charge in [-0.25, -0.2) is 0 Å². The van der Waals surface area contributed by atoms with Gasteiger partial charge in [-0.1, -0.05) is 163 Å². The Labute approximate surface area is 487 Å². The number of benzene rings is 12. The van der Waals surface area contributed by atoms with Gasteiger partial charge < -0.3 is 27.8 Å². The van der Waals surface area contributed by atoms with E-state index < -0.39 is 0 Å². The Morgan fingerprint density at radius 1 is 0.286 bits per heavy atom. The Balaban J connectivity index is 0.818. The van der Waals surface area contributed by atoms with E-state index in [1.165, 1.54) is 43.7 Å². The van der Waals surface area contributed by atoms with Crippen LogP contribution in [0.1, 0.15) is 52.7 Å². The summed E-state index contributed by atoms with van der Waals surface area (Å²) in [4.78, 5) is 4.76. The molecule has 0 radical (unpaired) electrons. The van der Waals surface area contributed by atoms with Crippen LogP contribution >= 0.6 is 0 Å². The molecular formula is C78H60N4O2. The molecular weight excluding hydrogens is 1020 g/mol. The maximum atomic E-state index is 6.93. The SMILES string of the molecule is CC(C)(C)c1cccc(-n2c3ccccc3c3cccc(N(c4ccccc4)c4ccc5c(c4)oc4cc6cc7oc8cc(N(c9ccccc9)c9cccc%10c%11ccccc%11n(-c%11cccc(C(C)(C)C)c%11)c9%10)ccc8c7cc6cc45)c32)c1. The molecule has 16 aromatic rings. The highest BCUT2D eigenvalue weighted by molar-refractivity contribution is 6.18. The quantitative estimate of drug-likeness (QED) is 0.152. The second kappa shape index (κ2) is 18.6. The monoisotopic (exact) mass is 1080 g/mol. The molecule has 0 unspecified atom stereocenters. The average Bonchev–Trinajstić information content (AvgIpc) is 2.12. The molecule has 0 N–H and O–H groups in total. The van der Waals surface area contributed by atoms with E-state index in [-0.39, 0.29) is 10.8 Å². The predicted molar refractivity (Wildman–Crippen MR) is 354 cm³/mol. The number of anilines is 6. The Kier molecular flexibility index (Phi) is 11.0. The Hall–Kier alpha value is -10.3. The fraction of sp³-hybridized carbons (Fsp3) is 0.103. The summed E-state index contributed by atoms with van der Waals surface area (Å²) in [5.74, 6) is 0. The Morgan fingerprint density at radius 3 is 1.11 bits per heavy atom. The van der Waals surface area contributed by atoms with Gasteiger partial charge in [-0.2, -0.15) is 0 Å². The second-order valence-electron chi connectivity index (χ2n) is 24.6. The summed E-state index contributed by atoms with van der Waals surface area (Å²) in [6, 6.07) is 92.7. The molecule has 0 aliphatic heterocycles. The van der Waals surface area contributed by atoms with Crippen molar-refractivity contribution in [2.24, 2.45) is 0 Å². The van der Waals surface area contributed by atoms with Crippen molar-refractivity contribution in [3.8, 4) is 11.4 Å². The largest absolute Gasteiger partial charge is 0.456 e. The zero-order valence-electron chi connectivity index (χ0n) is 47.9. The van der Waals surface area contributed by atoms with Crippen molar-refractivity contribution in [2.45, 2.75) is 52.4 Å². The highest BCUT2D eigenvalue weighted by atomic mass is 16.3. The molecule has 6 heteroatoms. The van der Waals surface area contributed by atoms with Crippen LogP contribution in [-0.2, 0) is 10.8 Å². The van der Waals surface area contributed by atoms with E-state index in [0.29, 0.717) is 0 Å². The number of fused-ring (bicyclic) bond motifs is 13. The van der Waals surface area contributed by atoms with Gasteiger partial charge in [0.25, 0.3) is 0 Å². The third-order valence-electron chi connectivity index (χ3n) is 17.3. The van der Waals surface area contributed by atoms with Crippen LogP contribution in [0.25, 0.3) is 110 Å². The maximum Gasteiger partial charge on any atom is 0.137 e. The van der Waals surface area contributed by atoms with Crippen LogP contribution in [0.2, 0.25) is 0 Å². The van der Waals surface area contributed by atoms with Crippen LogP contribution in [0.15, 0.2) is 264 Å². The number of hydrogen-bond donors (Lipinski definition) is 0. The van der Waals surface area contributed by atoms with E-state index in [1.54, 1.807) is 0 Å².